The molecular weight excluding hydrogens is 474 g/mol. The van der Waals surface area contributed by atoms with Crippen molar-refractivity contribution in [2.24, 2.45) is 0 Å². The number of esters is 1. The van der Waals surface area contributed by atoms with Crippen LogP contribution in [0.5, 0.6) is 17.2 Å². The maximum atomic E-state index is 13.8. The molecule has 0 saturated carbocycles. The number of rotatable bonds is 9. The molecule has 0 unspecified atom stereocenters. The minimum Gasteiger partial charge on any atom is -0.496 e. The maximum Gasteiger partial charge on any atom is 0.336 e. The van der Waals surface area contributed by atoms with E-state index >= 15 is 0 Å². The molecule has 8 heteroatoms. The number of benzene rings is 2. The van der Waals surface area contributed by atoms with E-state index in [9.17, 15) is 9.59 Å². The second-order valence-corrected chi connectivity index (χ2v) is 9.00. The number of allylic oxidation sites excluding steroid dienone is 3. The molecule has 196 valence electrons. The molecule has 2 atom stereocenters. The Morgan fingerprint density at radius 1 is 0.919 bits per heavy atom. The molecule has 2 aromatic carbocycles. The van der Waals surface area contributed by atoms with Crippen molar-refractivity contribution in [3.05, 3.63) is 76.1 Å². The zero-order chi connectivity index (χ0) is 26.5. The van der Waals surface area contributed by atoms with Crippen molar-refractivity contribution in [3.8, 4) is 17.2 Å². The molecule has 1 aliphatic carbocycles. The van der Waals surface area contributed by atoms with Gasteiger partial charge >= 0.3 is 5.97 Å². The Balaban J connectivity index is 1.77. The topological polar surface area (TPSA) is 92.3 Å². The van der Waals surface area contributed by atoms with E-state index < -0.39 is 11.9 Å². The Labute approximate surface area is 217 Å². The van der Waals surface area contributed by atoms with Crippen LogP contribution in [0.25, 0.3) is 0 Å². The highest BCUT2D eigenvalue weighted by Gasteiger charge is 2.42. The average Bonchev–Trinajstić information content (AvgIpc) is 2.91. The Bertz CT molecular complexity index is 1250. The smallest absolute Gasteiger partial charge is 0.336 e. The quantitative estimate of drug-likeness (QED) is 0.398. The molecule has 37 heavy (non-hydrogen) atoms. The molecule has 1 heterocycles. The van der Waals surface area contributed by atoms with E-state index in [-0.39, 0.29) is 24.9 Å². The zero-order valence-corrected chi connectivity index (χ0v) is 21.9. The van der Waals surface area contributed by atoms with E-state index in [4.69, 9.17) is 23.7 Å². The fraction of sp³-hybridized carbons (Fsp3) is 0.379. The maximum absolute atomic E-state index is 13.8. The van der Waals surface area contributed by atoms with Gasteiger partial charge in [-0.1, -0.05) is 24.3 Å². The van der Waals surface area contributed by atoms with Crippen molar-refractivity contribution in [3.63, 3.8) is 0 Å². The molecule has 0 saturated heterocycles. The molecule has 1 N–H and O–H groups in total. The van der Waals surface area contributed by atoms with E-state index in [1.807, 2.05) is 49.4 Å². The molecule has 1 aliphatic heterocycles. The molecule has 0 spiro atoms. The molecule has 0 bridgehead atoms. The van der Waals surface area contributed by atoms with Gasteiger partial charge in [-0.15, -0.1) is 0 Å². The van der Waals surface area contributed by atoms with Gasteiger partial charge in [-0.05, 0) is 43.0 Å². The Morgan fingerprint density at radius 2 is 1.65 bits per heavy atom. The summed E-state index contributed by atoms with van der Waals surface area (Å²) in [6.45, 7) is 2.24. The SMILES string of the molecule is COCCOC(=O)C1=C(C)NC2=C(C(=O)C[C@H](c3ccc(OC)c(OC)c3)C2)[C@@H]1c1ccccc1OC. The van der Waals surface area contributed by atoms with E-state index in [0.29, 0.717) is 46.9 Å². The molecule has 0 radical (unpaired) electrons. The van der Waals surface area contributed by atoms with Crippen LogP contribution in [0, 0.1) is 0 Å². The summed E-state index contributed by atoms with van der Waals surface area (Å²) in [6.07, 6.45) is 0.901. The van der Waals surface area contributed by atoms with Crippen molar-refractivity contribution < 1.29 is 33.3 Å². The van der Waals surface area contributed by atoms with Gasteiger partial charge in [-0.3, -0.25) is 4.79 Å². The fourth-order valence-corrected chi connectivity index (χ4v) is 5.16. The van der Waals surface area contributed by atoms with Crippen molar-refractivity contribution in [2.75, 3.05) is 41.7 Å². The summed E-state index contributed by atoms with van der Waals surface area (Å²) >= 11 is 0. The number of carbonyl (C=O) groups excluding carboxylic acids is 2. The van der Waals surface area contributed by atoms with Crippen LogP contribution >= 0.6 is 0 Å². The first-order valence-corrected chi connectivity index (χ1v) is 12.2. The average molecular weight is 508 g/mol. The summed E-state index contributed by atoms with van der Waals surface area (Å²) in [5.74, 6) is 0.675. The monoisotopic (exact) mass is 507 g/mol. The van der Waals surface area contributed by atoms with Crippen LogP contribution in [-0.4, -0.2) is 53.4 Å². The van der Waals surface area contributed by atoms with E-state index in [0.717, 1.165) is 16.8 Å². The van der Waals surface area contributed by atoms with Crippen molar-refractivity contribution in [2.45, 2.75) is 31.6 Å². The van der Waals surface area contributed by atoms with Crippen LogP contribution in [0.15, 0.2) is 65.0 Å². The summed E-state index contributed by atoms with van der Waals surface area (Å²) in [4.78, 5) is 27.1. The number of dihydropyridines is 1. The molecule has 2 aliphatic rings. The standard InChI is InChI=1S/C29H33NO7/c1-17-26(29(32)37-13-12-33-2)27(20-8-6-7-9-23(20)34-3)28-21(30-17)14-19(15-22(28)31)18-10-11-24(35-4)25(16-18)36-5/h6-11,16,19,27,30H,12-15H2,1-5H3/t19-,27-/m1/s1. The molecule has 2 aromatic rings. The number of hydrogen-bond donors (Lipinski definition) is 1. The fourth-order valence-electron chi connectivity index (χ4n) is 5.16. The molecule has 8 nitrogen and oxygen atoms in total. The lowest BCUT2D eigenvalue weighted by Crippen LogP contribution is -2.36. The van der Waals surface area contributed by atoms with E-state index in [2.05, 4.69) is 5.32 Å². The number of ether oxygens (including phenoxy) is 5. The number of ketones is 1. The van der Waals surface area contributed by atoms with Gasteiger partial charge in [0.2, 0.25) is 0 Å². The van der Waals surface area contributed by atoms with Crippen LogP contribution in [0.4, 0.5) is 0 Å². The molecular formula is C29H33NO7. The Kier molecular flexibility index (Phi) is 8.18. The zero-order valence-electron chi connectivity index (χ0n) is 21.9. The first-order chi connectivity index (χ1) is 17.9. The highest BCUT2D eigenvalue weighted by atomic mass is 16.6. The molecule has 0 fully saturated rings. The summed E-state index contributed by atoms with van der Waals surface area (Å²) in [5, 5.41) is 3.37. The summed E-state index contributed by atoms with van der Waals surface area (Å²) in [7, 11) is 6.31. The lowest BCUT2D eigenvalue weighted by atomic mass is 9.71. The molecule has 4 rings (SSSR count). The number of para-hydroxylation sites is 1. The lowest BCUT2D eigenvalue weighted by molar-refractivity contribution is -0.140. The third kappa shape index (κ3) is 5.20. The highest BCUT2D eigenvalue weighted by molar-refractivity contribution is 6.04. The van der Waals surface area contributed by atoms with Gasteiger partial charge in [-0.25, -0.2) is 4.79 Å². The van der Waals surface area contributed by atoms with Crippen LogP contribution in [0.3, 0.4) is 0 Å². The minimum atomic E-state index is -0.610. The van der Waals surface area contributed by atoms with E-state index in [1.165, 1.54) is 0 Å². The first kappa shape index (κ1) is 26.3. The molecule has 0 amide bonds. The first-order valence-electron chi connectivity index (χ1n) is 12.2. The predicted octanol–water partition coefficient (Wildman–Crippen LogP) is 4.26. The Morgan fingerprint density at radius 3 is 2.35 bits per heavy atom. The predicted molar refractivity (Wildman–Crippen MR) is 138 cm³/mol. The Hall–Kier alpha value is -3.78. The summed E-state index contributed by atoms with van der Waals surface area (Å²) < 4.78 is 27.0. The molecule has 0 aromatic heterocycles. The number of carbonyl (C=O) groups is 2. The van der Waals surface area contributed by atoms with Crippen molar-refractivity contribution >= 4 is 11.8 Å². The van der Waals surface area contributed by atoms with Crippen LogP contribution in [-0.2, 0) is 19.1 Å². The van der Waals surface area contributed by atoms with Gasteiger partial charge in [0.15, 0.2) is 17.3 Å². The van der Waals surface area contributed by atoms with Gasteiger partial charge < -0.3 is 29.0 Å². The summed E-state index contributed by atoms with van der Waals surface area (Å²) in [6, 6.07) is 13.2. The number of methoxy groups -OCH3 is 4. The second-order valence-electron chi connectivity index (χ2n) is 9.00. The van der Waals surface area contributed by atoms with Gasteiger partial charge in [0, 0.05) is 36.1 Å². The normalized spacial score (nSPS) is 19.2. The van der Waals surface area contributed by atoms with Gasteiger partial charge in [-0.2, -0.15) is 0 Å². The lowest BCUT2D eigenvalue weighted by Gasteiger charge is -2.37. The van der Waals surface area contributed by atoms with E-state index in [1.54, 1.807) is 28.4 Å². The van der Waals surface area contributed by atoms with Crippen LogP contribution < -0.4 is 19.5 Å². The third-order valence-electron chi connectivity index (χ3n) is 6.90. The minimum absolute atomic E-state index is 0.0286. The second kappa shape index (κ2) is 11.5. The number of Topliss-reactive ketones (excluding diaryl/α,β-unsaturated/α-hetero) is 1. The largest absolute Gasteiger partial charge is 0.496 e. The van der Waals surface area contributed by atoms with Crippen molar-refractivity contribution in [1.82, 2.24) is 5.32 Å². The van der Waals surface area contributed by atoms with Crippen molar-refractivity contribution in [1.29, 1.82) is 0 Å². The van der Waals surface area contributed by atoms with Crippen LogP contribution in [0.1, 0.15) is 42.7 Å². The van der Waals surface area contributed by atoms with Gasteiger partial charge in [0.25, 0.3) is 0 Å². The van der Waals surface area contributed by atoms with Gasteiger partial charge in [0.1, 0.15) is 12.4 Å². The van der Waals surface area contributed by atoms with Crippen LogP contribution in [0.2, 0.25) is 0 Å². The highest BCUT2D eigenvalue weighted by Crippen LogP contribution is 2.48. The number of nitrogens with one attached hydrogen (secondary N) is 1. The third-order valence-corrected chi connectivity index (χ3v) is 6.90. The van der Waals surface area contributed by atoms with Gasteiger partial charge in [0.05, 0.1) is 39.4 Å². The number of hydrogen-bond acceptors (Lipinski definition) is 8. The summed E-state index contributed by atoms with van der Waals surface area (Å²) in [5.41, 5.74) is 4.16.